The highest BCUT2D eigenvalue weighted by Crippen LogP contribution is 2.33. The van der Waals surface area contributed by atoms with Crippen molar-refractivity contribution in [3.8, 4) is 22.6 Å². The Balaban J connectivity index is 1.46. The minimum absolute atomic E-state index is 0.0239. The van der Waals surface area contributed by atoms with Crippen LogP contribution in [0.2, 0.25) is 0 Å². The highest BCUT2D eigenvalue weighted by Gasteiger charge is 2.16. The number of aromatic nitrogens is 2. The number of carbonyl (C=O) groups excluding carboxylic acids is 1. The van der Waals surface area contributed by atoms with Crippen LogP contribution in [0.5, 0.6) is 0 Å². The maximum Gasteiger partial charge on any atom is 0.338 e. The normalized spacial score (nSPS) is 11.2. The molecule has 9 heteroatoms. The van der Waals surface area contributed by atoms with E-state index in [1.54, 1.807) is 55.6 Å². The first kappa shape index (κ1) is 22.7. The van der Waals surface area contributed by atoms with Gasteiger partial charge in [0.2, 0.25) is 0 Å². The van der Waals surface area contributed by atoms with Gasteiger partial charge in [-0.15, -0.1) is 0 Å². The molecule has 36 heavy (non-hydrogen) atoms. The third kappa shape index (κ3) is 4.49. The average Bonchev–Trinajstić information content (AvgIpc) is 3.52. The number of esters is 1. The van der Waals surface area contributed by atoms with Gasteiger partial charge >= 0.3 is 5.97 Å². The van der Waals surface area contributed by atoms with E-state index in [2.05, 4.69) is 9.98 Å². The lowest BCUT2D eigenvalue weighted by Crippen LogP contribution is -2.03. The number of pyridine rings is 1. The fourth-order valence-electron chi connectivity index (χ4n) is 3.75. The number of fused-ring (bicyclic) bond motifs is 1. The van der Waals surface area contributed by atoms with Crippen molar-refractivity contribution in [2.45, 2.75) is 6.92 Å². The number of nitro benzene ring substituents is 1. The van der Waals surface area contributed by atoms with Crippen molar-refractivity contribution in [1.29, 1.82) is 0 Å². The lowest BCUT2D eigenvalue weighted by molar-refractivity contribution is -0.384. The number of nitrogens with zero attached hydrogens (tertiary/aromatic N) is 4. The summed E-state index contributed by atoms with van der Waals surface area (Å²) in [5.41, 5.74) is 3.01. The number of ether oxygens (including phenoxy) is 1. The molecule has 0 aliphatic carbocycles. The molecule has 0 radical (unpaired) electrons. The minimum Gasteiger partial charge on any atom is -0.462 e. The molecule has 3 aromatic heterocycles. The monoisotopic (exact) mass is 480 g/mol. The zero-order valence-corrected chi connectivity index (χ0v) is 19.2. The van der Waals surface area contributed by atoms with Gasteiger partial charge in [0, 0.05) is 29.5 Å². The molecule has 178 valence electrons. The van der Waals surface area contributed by atoms with Gasteiger partial charge in [0.15, 0.2) is 5.82 Å². The van der Waals surface area contributed by atoms with Crippen LogP contribution in [0.4, 0.5) is 11.5 Å². The van der Waals surface area contributed by atoms with Crippen molar-refractivity contribution in [3.05, 3.63) is 106 Å². The van der Waals surface area contributed by atoms with Gasteiger partial charge in [-0.3, -0.25) is 14.5 Å². The molecule has 0 saturated carbocycles. The molecule has 0 aliphatic rings. The molecule has 9 nitrogen and oxygen atoms in total. The maximum absolute atomic E-state index is 11.9. The lowest BCUT2D eigenvalue weighted by Gasteiger charge is -2.02. The molecule has 0 atom stereocenters. The first-order chi connectivity index (χ1) is 17.5. The van der Waals surface area contributed by atoms with Crippen LogP contribution in [0.1, 0.15) is 23.0 Å². The van der Waals surface area contributed by atoms with Gasteiger partial charge in [-0.1, -0.05) is 30.3 Å². The number of hydrogen-bond donors (Lipinski definition) is 0. The van der Waals surface area contributed by atoms with Crippen molar-refractivity contribution in [2.24, 2.45) is 4.99 Å². The molecule has 0 saturated heterocycles. The maximum atomic E-state index is 11.9. The second-order valence-electron chi connectivity index (χ2n) is 7.78. The Morgan fingerprint density at radius 3 is 2.69 bits per heavy atom. The molecule has 0 unspecified atom stereocenters. The van der Waals surface area contributed by atoms with E-state index in [0.717, 1.165) is 5.56 Å². The Labute approximate surface area is 205 Å². The largest absolute Gasteiger partial charge is 0.462 e. The Bertz CT molecular complexity index is 1600. The lowest BCUT2D eigenvalue weighted by atomic mass is 10.1. The summed E-state index contributed by atoms with van der Waals surface area (Å²) in [5, 5.41) is 11.3. The van der Waals surface area contributed by atoms with E-state index < -0.39 is 4.92 Å². The fourth-order valence-corrected chi connectivity index (χ4v) is 3.75. The smallest absolute Gasteiger partial charge is 0.338 e. The van der Waals surface area contributed by atoms with Crippen LogP contribution >= 0.6 is 0 Å². The van der Waals surface area contributed by atoms with Crippen molar-refractivity contribution >= 4 is 29.3 Å². The van der Waals surface area contributed by atoms with Gasteiger partial charge in [0.05, 0.1) is 23.3 Å². The topological polar surface area (TPSA) is 112 Å². The first-order valence-electron chi connectivity index (χ1n) is 11.2. The second-order valence-corrected chi connectivity index (χ2v) is 7.78. The molecular weight excluding hydrogens is 460 g/mol. The van der Waals surface area contributed by atoms with E-state index in [1.165, 1.54) is 12.1 Å². The molecule has 5 aromatic rings. The number of rotatable bonds is 7. The molecule has 0 amide bonds. The van der Waals surface area contributed by atoms with Gasteiger partial charge in [-0.05, 0) is 43.3 Å². The number of nitro groups is 1. The van der Waals surface area contributed by atoms with E-state index in [-0.39, 0.29) is 11.7 Å². The Morgan fingerprint density at radius 1 is 1.08 bits per heavy atom. The summed E-state index contributed by atoms with van der Waals surface area (Å²) in [5.74, 6) is 1.27. The van der Waals surface area contributed by atoms with Crippen molar-refractivity contribution < 1.29 is 18.9 Å². The van der Waals surface area contributed by atoms with Crippen LogP contribution in [-0.2, 0) is 4.74 Å². The molecule has 0 bridgehead atoms. The Morgan fingerprint density at radius 2 is 1.92 bits per heavy atom. The van der Waals surface area contributed by atoms with Crippen LogP contribution < -0.4 is 0 Å². The Kier molecular flexibility index (Phi) is 6.10. The van der Waals surface area contributed by atoms with E-state index in [0.29, 0.717) is 46.4 Å². The van der Waals surface area contributed by atoms with Crippen LogP contribution in [0.3, 0.4) is 0 Å². The molecule has 0 fully saturated rings. The van der Waals surface area contributed by atoms with Crippen LogP contribution in [0.15, 0.2) is 94.5 Å². The van der Waals surface area contributed by atoms with E-state index in [9.17, 15) is 14.9 Å². The first-order valence-corrected chi connectivity index (χ1v) is 11.2. The van der Waals surface area contributed by atoms with E-state index in [4.69, 9.17) is 9.15 Å². The minimum atomic E-state index is -0.439. The predicted octanol–water partition coefficient (Wildman–Crippen LogP) is 6.10. The number of furan rings is 1. The fraction of sp³-hybridized carbons (Fsp3) is 0.0741. The van der Waals surface area contributed by atoms with Gasteiger partial charge in [0.1, 0.15) is 22.9 Å². The molecule has 0 aliphatic heterocycles. The zero-order chi connectivity index (χ0) is 25.1. The van der Waals surface area contributed by atoms with Crippen molar-refractivity contribution in [1.82, 2.24) is 9.38 Å². The van der Waals surface area contributed by atoms with Crippen LogP contribution in [-0.4, -0.2) is 33.1 Å². The highest BCUT2D eigenvalue weighted by atomic mass is 16.6. The van der Waals surface area contributed by atoms with Gasteiger partial charge in [-0.2, -0.15) is 0 Å². The third-order valence-electron chi connectivity index (χ3n) is 5.46. The quantitative estimate of drug-likeness (QED) is 0.120. The second kappa shape index (κ2) is 9.67. The number of imidazole rings is 1. The summed E-state index contributed by atoms with van der Waals surface area (Å²) in [4.78, 5) is 32.0. The number of hydrogen-bond acceptors (Lipinski definition) is 7. The predicted molar refractivity (Wildman–Crippen MR) is 135 cm³/mol. The highest BCUT2D eigenvalue weighted by molar-refractivity contribution is 5.90. The summed E-state index contributed by atoms with van der Waals surface area (Å²) >= 11 is 0. The summed E-state index contributed by atoms with van der Waals surface area (Å²) < 4.78 is 12.8. The molecular formula is C27H20N4O5. The molecule has 0 spiro atoms. The standard InChI is InChI=1S/C27H20N4O5/c1-2-35-27(32)19-11-9-18(10-12-19)23-14-13-22(36-23)17-28-26-25(29-24-8-3-4-15-30(24)26)20-6-5-7-21(16-20)31(33)34/h3-17H,2H2,1H3. The van der Waals surface area contributed by atoms with Crippen molar-refractivity contribution in [2.75, 3.05) is 6.61 Å². The van der Waals surface area contributed by atoms with Gasteiger partial charge in [0.25, 0.3) is 5.69 Å². The molecule has 2 aromatic carbocycles. The van der Waals surface area contributed by atoms with Gasteiger partial charge < -0.3 is 9.15 Å². The van der Waals surface area contributed by atoms with Crippen LogP contribution in [0.25, 0.3) is 28.2 Å². The number of carbonyl (C=O) groups is 1. The molecule has 5 rings (SSSR count). The summed E-state index contributed by atoms with van der Waals surface area (Å²) in [6.45, 7) is 2.08. The number of benzene rings is 2. The number of non-ortho nitro benzene ring substituents is 1. The summed E-state index contributed by atoms with van der Waals surface area (Å²) in [6, 6.07) is 22.4. The van der Waals surface area contributed by atoms with E-state index in [1.807, 2.05) is 34.9 Å². The van der Waals surface area contributed by atoms with Gasteiger partial charge in [-0.25, -0.2) is 14.8 Å². The molecule has 0 N–H and O–H groups in total. The third-order valence-corrected chi connectivity index (χ3v) is 5.46. The summed E-state index contributed by atoms with van der Waals surface area (Å²) in [7, 11) is 0. The average molecular weight is 480 g/mol. The van der Waals surface area contributed by atoms with Crippen LogP contribution in [0, 0.1) is 10.1 Å². The number of aliphatic imine (C=N–C) groups is 1. The summed E-state index contributed by atoms with van der Waals surface area (Å²) in [6.07, 6.45) is 3.41. The van der Waals surface area contributed by atoms with E-state index >= 15 is 0 Å². The zero-order valence-electron chi connectivity index (χ0n) is 19.2. The van der Waals surface area contributed by atoms with Crippen molar-refractivity contribution in [3.63, 3.8) is 0 Å². The Hall–Kier alpha value is -5.05. The molecule has 3 heterocycles. The SMILES string of the molecule is CCOC(=O)c1ccc(-c2ccc(C=Nc3c(-c4cccc([N+](=O)[O-])c4)nc4ccccn34)o2)cc1.